The van der Waals surface area contributed by atoms with E-state index < -0.39 is 0 Å². The van der Waals surface area contributed by atoms with E-state index >= 15 is 0 Å². The van der Waals surface area contributed by atoms with Crippen LogP contribution in [0.2, 0.25) is 0 Å². The lowest BCUT2D eigenvalue weighted by Crippen LogP contribution is -2.35. The Morgan fingerprint density at radius 3 is 2.85 bits per heavy atom. The molecule has 0 amide bonds. The Morgan fingerprint density at radius 2 is 1.96 bits per heavy atom. The fourth-order valence-corrected chi connectivity index (χ4v) is 5.38. The maximum Gasteiger partial charge on any atom is 0.268 e. The number of aromatic nitrogens is 2. The number of benzene rings is 1. The van der Waals surface area contributed by atoms with Gasteiger partial charge in [-0.2, -0.15) is 0 Å². The van der Waals surface area contributed by atoms with Gasteiger partial charge in [0, 0.05) is 11.4 Å². The van der Waals surface area contributed by atoms with Crippen molar-refractivity contribution < 1.29 is 0 Å². The Bertz CT molecular complexity index is 1110. The van der Waals surface area contributed by atoms with Crippen LogP contribution < -0.4 is 5.56 Å². The highest BCUT2D eigenvalue weighted by atomic mass is 32.1. The van der Waals surface area contributed by atoms with Gasteiger partial charge >= 0.3 is 0 Å². The molecule has 0 bridgehead atoms. The number of aromatic amines is 1. The van der Waals surface area contributed by atoms with Crippen LogP contribution in [-0.2, 0) is 13.0 Å². The normalized spacial score (nSPS) is 17.5. The molecule has 0 aliphatic carbocycles. The molecule has 3 aromatic heterocycles. The molecular weight excluding hydrogens is 362 g/mol. The summed E-state index contributed by atoms with van der Waals surface area (Å²) in [6.07, 6.45) is 1.04. The lowest BCUT2D eigenvalue weighted by atomic mass is 9.93. The SMILES string of the molecule is O=c1[nH]c(CN2CCc3sccc3[C@H]2c2ccccc2)nc2ccsc12. The second kappa shape index (κ2) is 6.46. The molecule has 0 fully saturated rings. The summed E-state index contributed by atoms with van der Waals surface area (Å²) >= 11 is 3.28. The van der Waals surface area contributed by atoms with Gasteiger partial charge in [0.2, 0.25) is 0 Å². The molecule has 1 aliphatic rings. The average molecular weight is 380 g/mol. The molecule has 1 aromatic carbocycles. The lowest BCUT2D eigenvalue weighted by molar-refractivity contribution is 0.201. The fourth-order valence-electron chi connectivity index (χ4n) is 3.75. The summed E-state index contributed by atoms with van der Waals surface area (Å²) in [6, 6.07) is 15.0. The molecule has 4 nitrogen and oxygen atoms in total. The number of thiophene rings is 2. The zero-order valence-electron chi connectivity index (χ0n) is 14.0. The molecule has 130 valence electrons. The summed E-state index contributed by atoms with van der Waals surface area (Å²) < 4.78 is 0.701. The van der Waals surface area contributed by atoms with Crippen LogP contribution in [0.1, 0.15) is 27.9 Å². The number of nitrogens with zero attached hydrogens (tertiary/aromatic N) is 2. The van der Waals surface area contributed by atoms with Gasteiger partial charge < -0.3 is 4.98 Å². The van der Waals surface area contributed by atoms with E-state index in [0.29, 0.717) is 11.2 Å². The van der Waals surface area contributed by atoms with Crippen LogP contribution in [0.25, 0.3) is 10.2 Å². The Kier molecular flexibility index (Phi) is 3.96. The highest BCUT2D eigenvalue weighted by Gasteiger charge is 2.30. The number of hydrogen-bond donors (Lipinski definition) is 1. The van der Waals surface area contributed by atoms with E-state index in [9.17, 15) is 4.79 Å². The molecule has 5 rings (SSSR count). The van der Waals surface area contributed by atoms with Gasteiger partial charge in [0.25, 0.3) is 5.56 Å². The molecule has 1 N–H and O–H groups in total. The van der Waals surface area contributed by atoms with Crippen LogP contribution in [0, 0.1) is 0 Å². The molecule has 4 heterocycles. The summed E-state index contributed by atoms with van der Waals surface area (Å²) in [5.74, 6) is 0.737. The van der Waals surface area contributed by atoms with Crippen molar-refractivity contribution in [1.29, 1.82) is 0 Å². The van der Waals surface area contributed by atoms with Crippen LogP contribution in [0.15, 0.2) is 58.0 Å². The zero-order valence-corrected chi connectivity index (χ0v) is 15.6. The van der Waals surface area contributed by atoms with E-state index in [-0.39, 0.29) is 11.6 Å². The van der Waals surface area contributed by atoms with Crippen molar-refractivity contribution in [2.24, 2.45) is 0 Å². The zero-order chi connectivity index (χ0) is 17.5. The van der Waals surface area contributed by atoms with Gasteiger partial charge in [-0.15, -0.1) is 22.7 Å². The van der Waals surface area contributed by atoms with Crippen LogP contribution >= 0.6 is 22.7 Å². The molecule has 0 unspecified atom stereocenters. The van der Waals surface area contributed by atoms with Gasteiger partial charge in [-0.25, -0.2) is 4.98 Å². The standard InChI is InChI=1S/C20H17N3OS2/c24-20-19-15(8-11-26-19)21-17(22-20)12-23-9-6-16-14(7-10-25-16)18(23)13-4-2-1-3-5-13/h1-5,7-8,10-11,18H,6,9,12H2,(H,21,22,24)/t18-/m1/s1. The largest absolute Gasteiger partial charge is 0.308 e. The van der Waals surface area contributed by atoms with Gasteiger partial charge in [0.15, 0.2) is 0 Å². The number of fused-ring (bicyclic) bond motifs is 2. The predicted molar refractivity (Wildman–Crippen MR) is 107 cm³/mol. The molecule has 0 radical (unpaired) electrons. The fraction of sp³-hybridized carbons (Fsp3) is 0.200. The van der Waals surface area contributed by atoms with Gasteiger partial charge in [-0.3, -0.25) is 9.69 Å². The molecule has 1 aliphatic heterocycles. The summed E-state index contributed by atoms with van der Waals surface area (Å²) in [5, 5.41) is 4.10. The Hall–Kier alpha value is -2.28. The van der Waals surface area contributed by atoms with Crippen LogP contribution in [0.5, 0.6) is 0 Å². The van der Waals surface area contributed by atoms with Crippen molar-refractivity contribution in [3.05, 3.63) is 85.4 Å². The van der Waals surface area contributed by atoms with Crippen LogP contribution in [-0.4, -0.2) is 21.4 Å². The third-order valence-corrected chi connectivity index (χ3v) is 6.80. The maximum atomic E-state index is 12.3. The van der Waals surface area contributed by atoms with Crippen molar-refractivity contribution in [1.82, 2.24) is 14.9 Å². The van der Waals surface area contributed by atoms with Gasteiger partial charge in [-0.1, -0.05) is 30.3 Å². The van der Waals surface area contributed by atoms with Crippen molar-refractivity contribution in [3.63, 3.8) is 0 Å². The molecular formula is C20H17N3OS2. The van der Waals surface area contributed by atoms with E-state index in [0.717, 1.165) is 24.3 Å². The maximum absolute atomic E-state index is 12.3. The van der Waals surface area contributed by atoms with Gasteiger partial charge in [0.1, 0.15) is 10.5 Å². The number of rotatable bonds is 3. The highest BCUT2D eigenvalue weighted by Crippen LogP contribution is 2.38. The number of hydrogen-bond acceptors (Lipinski definition) is 5. The molecule has 0 saturated carbocycles. The third-order valence-electron chi connectivity index (χ3n) is 4.90. The second-order valence-electron chi connectivity index (χ2n) is 6.48. The van der Waals surface area contributed by atoms with Gasteiger partial charge in [-0.05, 0) is 40.4 Å². The summed E-state index contributed by atoms with van der Waals surface area (Å²) in [6.45, 7) is 1.59. The van der Waals surface area contributed by atoms with E-state index in [4.69, 9.17) is 0 Å². The Labute approximate surface area is 158 Å². The first kappa shape index (κ1) is 15.9. The quantitative estimate of drug-likeness (QED) is 0.581. The summed E-state index contributed by atoms with van der Waals surface area (Å²) in [4.78, 5) is 23.8. The minimum atomic E-state index is -0.0375. The average Bonchev–Trinajstić information content (AvgIpc) is 3.31. The van der Waals surface area contributed by atoms with Crippen molar-refractivity contribution in [3.8, 4) is 0 Å². The van der Waals surface area contributed by atoms with Gasteiger partial charge in [0.05, 0.1) is 18.1 Å². The predicted octanol–water partition coefficient (Wildman–Crippen LogP) is 4.19. The monoisotopic (exact) mass is 379 g/mol. The molecule has 0 spiro atoms. The molecule has 26 heavy (non-hydrogen) atoms. The lowest BCUT2D eigenvalue weighted by Gasteiger charge is -2.35. The smallest absolute Gasteiger partial charge is 0.268 e. The van der Waals surface area contributed by atoms with Crippen molar-refractivity contribution >= 4 is 32.9 Å². The van der Waals surface area contributed by atoms with E-state index in [2.05, 4.69) is 56.6 Å². The van der Waals surface area contributed by atoms with E-state index in [1.165, 1.54) is 27.3 Å². The Morgan fingerprint density at radius 1 is 1.12 bits per heavy atom. The summed E-state index contributed by atoms with van der Waals surface area (Å²) in [7, 11) is 0. The van der Waals surface area contributed by atoms with E-state index in [1.54, 1.807) is 0 Å². The highest BCUT2D eigenvalue weighted by molar-refractivity contribution is 7.17. The minimum Gasteiger partial charge on any atom is -0.308 e. The third kappa shape index (κ3) is 2.70. The van der Waals surface area contributed by atoms with E-state index in [1.807, 2.05) is 22.8 Å². The number of nitrogens with one attached hydrogen (secondary N) is 1. The van der Waals surface area contributed by atoms with Crippen molar-refractivity contribution in [2.45, 2.75) is 19.0 Å². The minimum absolute atomic E-state index is 0.0375. The Balaban J connectivity index is 1.55. The topological polar surface area (TPSA) is 49.0 Å². The first-order chi connectivity index (χ1) is 12.8. The molecule has 4 aromatic rings. The van der Waals surface area contributed by atoms with Crippen LogP contribution in [0.4, 0.5) is 0 Å². The first-order valence-electron chi connectivity index (χ1n) is 8.61. The van der Waals surface area contributed by atoms with Crippen molar-refractivity contribution in [2.75, 3.05) is 6.54 Å². The first-order valence-corrected chi connectivity index (χ1v) is 10.4. The number of H-pyrrole nitrogens is 1. The summed E-state index contributed by atoms with van der Waals surface area (Å²) in [5.41, 5.74) is 3.42. The second-order valence-corrected chi connectivity index (χ2v) is 8.40. The molecule has 6 heteroatoms. The molecule has 1 atom stereocenters. The van der Waals surface area contributed by atoms with Crippen LogP contribution in [0.3, 0.4) is 0 Å². The molecule has 0 saturated heterocycles.